The van der Waals surface area contributed by atoms with E-state index in [2.05, 4.69) is 84.1 Å². The van der Waals surface area contributed by atoms with Gasteiger partial charge in [0, 0.05) is 54.3 Å². The summed E-state index contributed by atoms with van der Waals surface area (Å²) in [5.41, 5.74) is 9.46. The number of benzene rings is 4. The third-order valence-electron chi connectivity index (χ3n) is 9.22. The minimum Gasteiger partial charge on any atom is -0.493 e. The third-order valence-corrected chi connectivity index (χ3v) is 9.22. The minimum absolute atomic E-state index is 0.290. The molecule has 0 radical (unpaired) electrons. The molecule has 1 aliphatic rings. The first-order valence-corrected chi connectivity index (χ1v) is 16.1. The van der Waals surface area contributed by atoms with Gasteiger partial charge in [0.15, 0.2) is 0 Å². The largest absolute Gasteiger partial charge is 0.493 e. The Hall–Kier alpha value is -4.88. The molecule has 234 valence electrons. The molecule has 0 N–H and O–H groups in total. The predicted octanol–water partition coefficient (Wildman–Crippen LogP) is 7.69. The summed E-state index contributed by atoms with van der Waals surface area (Å²) in [5.74, 6) is 0.589. The Balaban J connectivity index is 1.37. The molecule has 0 saturated heterocycles. The van der Waals surface area contributed by atoms with Crippen LogP contribution in [0.25, 0.3) is 32.8 Å². The van der Waals surface area contributed by atoms with Crippen molar-refractivity contribution in [1.29, 1.82) is 0 Å². The van der Waals surface area contributed by atoms with Gasteiger partial charge in [-0.2, -0.15) is 5.10 Å². The first-order chi connectivity index (χ1) is 22.4. The second-order valence-corrected chi connectivity index (χ2v) is 12.2. The number of carbonyl (C=O) groups excluding carboxylic acids is 1. The van der Waals surface area contributed by atoms with Crippen LogP contribution in [-0.2, 0) is 37.8 Å². The van der Waals surface area contributed by atoms with E-state index in [4.69, 9.17) is 14.6 Å². The number of nitrogens with zero attached hydrogens (tertiary/aromatic N) is 4. The maximum atomic E-state index is 14.0. The van der Waals surface area contributed by atoms with E-state index in [-0.39, 0.29) is 5.97 Å². The van der Waals surface area contributed by atoms with Gasteiger partial charge < -0.3 is 14.0 Å². The third kappa shape index (κ3) is 5.35. The monoisotopic (exact) mass is 612 g/mol. The second kappa shape index (κ2) is 12.5. The number of hydrogen-bond donors (Lipinski definition) is 0. The summed E-state index contributed by atoms with van der Waals surface area (Å²) < 4.78 is 16.3. The van der Waals surface area contributed by atoms with Crippen molar-refractivity contribution in [3.8, 4) is 16.9 Å². The Morgan fingerprint density at radius 1 is 0.848 bits per heavy atom. The fourth-order valence-corrected chi connectivity index (χ4v) is 7.05. The molecule has 0 saturated carbocycles. The SMILES string of the molecule is CCOC(=O)c1c(CCCOc2cccc3ccccc23)c2cccc3c2n1Cc1ccccc1CN(C)Cc1nn(C)c(C)c1-3. The van der Waals surface area contributed by atoms with Crippen LogP contribution in [0.15, 0.2) is 84.9 Å². The maximum Gasteiger partial charge on any atom is 0.355 e. The molecule has 0 bridgehead atoms. The Labute approximate surface area is 270 Å². The van der Waals surface area contributed by atoms with Crippen molar-refractivity contribution in [2.75, 3.05) is 20.3 Å². The van der Waals surface area contributed by atoms with Gasteiger partial charge in [-0.25, -0.2) is 4.79 Å². The van der Waals surface area contributed by atoms with Crippen LogP contribution in [0.1, 0.15) is 51.9 Å². The fourth-order valence-electron chi connectivity index (χ4n) is 7.05. The summed E-state index contributed by atoms with van der Waals surface area (Å²) in [7, 11) is 4.15. The Morgan fingerprint density at radius 2 is 1.57 bits per heavy atom. The van der Waals surface area contributed by atoms with Crippen molar-refractivity contribution < 1.29 is 14.3 Å². The quantitative estimate of drug-likeness (QED) is 0.137. The summed E-state index contributed by atoms with van der Waals surface area (Å²) in [4.78, 5) is 16.3. The van der Waals surface area contributed by atoms with Gasteiger partial charge in [-0.05, 0) is 61.9 Å². The highest BCUT2D eigenvalue weighted by Gasteiger charge is 2.29. The molecule has 0 amide bonds. The van der Waals surface area contributed by atoms with E-state index in [9.17, 15) is 4.79 Å². The topological polar surface area (TPSA) is 61.5 Å². The molecule has 3 heterocycles. The van der Waals surface area contributed by atoms with Crippen molar-refractivity contribution in [1.82, 2.24) is 19.2 Å². The molecule has 7 heteroatoms. The van der Waals surface area contributed by atoms with E-state index >= 15 is 0 Å². The van der Waals surface area contributed by atoms with Gasteiger partial charge in [0.25, 0.3) is 0 Å². The molecule has 2 aromatic heterocycles. The molecule has 0 aliphatic carbocycles. The molecule has 46 heavy (non-hydrogen) atoms. The number of aryl methyl sites for hydroxylation is 2. The lowest BCUT2D eigenvalue weighted by Gasteiger charge is -2.19. The highest BCUT2D eigenvalue weighted by molar-refractivity contribution is 6.05. The molecule has 4 aromatic carbocycles. The van der Waals surface area contributed by atoms with Crippen LogP contribution in [0.3, 0.4) is 0 Å². The minimum atomic E-state index is -0.290. The Kier molecular flexibility index (Phi) is 8.09. The zero-order chi connectivity index (χ0) is 31.8. The number of hydrogen-bond acceptors (Lipinski definition) is 5. The first kappa shape index (κ1) is 29.8. The van der Waals surface area contributed by atoms with Crippen molar-refractivity contribution in [3.05, 3.63) is 119 Å². The summed E-state index contributed by atoms with van der Waals surface area (Å²) in [5, 5.41) is 8.32. The normalized spacial score (nSPS) is 13.3. The van der Waals surface area contributed by atoms with Gasteiger partial charge in [0.05, 0.1) is 24.4 Å². The number of para-hydroxylation sites is 1. The highest BCUT2D eigenvalue weighted by Crippen LogP contribution is 2.39. The zero-order valence-corrected chi connectivity index (χ0v) is 27.0. The smallest absolute Gasteiger partial charge is 0.355 e. The number of fused-ring (bicyclic) bond motifs is 4. The second-order valence-electron chi connectivity index (χ2n) is 12.2. The zero-order valence-electron chi connectivity index (χ0n) is 27.0. The van der Waals surface area contributed by atoms with Crippen molar-refractivity contribution in [2.45, 2.75) is 46.3 Å². The summed E-state index contributed by atoms with van der Waals surface area (Å²) >= 11 is 0. The van der Waals surface area contributed by atoms with Crippen LogP contribution in [0.4, 0.5) is 0 Å². The highest BCUT2D eigenvalue weighted by atomic mass is 16.5. The van der Waals surface area contributed by atoms with E-state index in [0.717, 1.165) is 68.5 Å². The van der Waals surface area contributed by atoms with Crippen molar-refractivity contribution >= 4 is 27.6 Å². The van der Waals surface area contributed by atoms with E-state index in [1.807, 2.05) is 42.9 Å². The van der Waals surface area contributed by atoms with Crippen molar-refractivity contribution in [2.24, 2.45) is 7.05 Å². The van der Waals surface area contributed by atoms with Crippen LogP contribution in [-0.4, -0.2) is 45.5 Å². The predicted molar refractivity (Wildman–Crippen MR) is 183 cm³/mol. The molecule has 0 unspecified atom stereocenters. The molecule has 0 fully saturated rings. The molecule has 6 aromatic rings. The van der Waals surface area contributed by atoms with Gasteiger partial charge >= 0.3 is 5.97 Å². The van der Waals surface area contributed by atoms with Gasteiger partial charge in [-0.15, -0.1) is 0 Å². The summed E-state index contributed by atoms with van der Waals surface area (Å²) in [6, 6.07) is 29.4. The fraction of sp³-hybridized carbons (Fsp3) is 0.282. The first-order valence-electron chi connectivity index (χ1n) is 16.1. The van der Waals surface area contributed by atoms with Crippen molar-refractivity contribution in [3.63, 3.8) is 0 Å². The summed E-state index contributed by atoms with van der Waals surface area (Å²) in [6.45, 7) is 6.89. The molecule has 0 spiro atoms. The van der Waals surface area contributed by atoms with Crippen LogP contribution in [0, 0.1) is 6.92 Å². The van der Waals surface area contributed by atoms with Gasteiger partial charge in [-0.3, -0.25) is 9.58 Å². The van der Waals surface area contributed by atoms with E-state index in [0.29, 0.717) is 38.4 Å². The molecule has 7 rings (SSSR count). The number of esters is 1. The molecular formula is C39H40N4O3. The van der Waals surface area contributed by atoms with E-state index in [1.165, 1.54) is 11.1 Å². The number of rotatable bonds is 7. The lowest BCUT2D eigenvalue weighted by atomic mass is 9.98. The average molecular weight is 613 g/mol. The number of ether oxygens (including phenoxy) is 2. The lowest BCUT2D eigenvalue weighted by molar-refractivity contribution is 0.0513. The lowest BCUT2D eigenvalue weighted by Crippen LogP contribution is -2.20. The van der Waals surface area contributed by atoms with Gasteiger partial charge in [-0.1, -0.05) is 78.9 Å². The standard InChI is InChI=1S/C39H40N4O3/c1-5-45-39(44)38-32(20-12-22-46-35-21-10-16-27-13-8-9-17-30(27)35)31-18-11-19-33-36-26(2)42(4)40-34(36)25-41(3)23-28-14-6-7-15-29(28)24-43(38)37(31)33/h6-11,13-19,21H,5,12,20,22-25H2,1-4H3. The van der Waals surface area contributed by atoms with Crippen LogP contribution >= 0.6 is 0 Å². The van der Waals surface area contributed by atoms with Gasteiger partial charge in [0.2, 0.25) is 0 Å². The Bertz CT molecular complexity index is 2070. The van der Waals surface area contributed by atoms with Crippen LogP contribution in [0.2, 0.25) is 0 Å². The number of carbonyl (C=O) groups is 1. The summed E-state index contributed by atoms with van der Waals surface area (Å²) in [6.07, 6.45) is 1.42. The van der Waals surface area contributed by atoms with Crippen LogP contribution < -0.4 is 4.74 Å². The number of aromatic nitrogens is 3. The maximum absolute atomic E-state index is 14.0. The molecular weight excluding hydrogens is 572 g/mol. The Morgan fingerprint density at radius 3 is 2.39 bits per heavy atom. The molecule has 0 atom stereocenters. The molecule has 7 nitrogen and oxygen atoms in total. The van der Waals surface area contributed by atoms with E-state index in [1.54, 1.807) is 0 Å². The van der Waals surface area contributed by atoms with Crippen LogP contribution in [0.5, 0.6) is 5.75 Å². The van der Waals surface area contributed by atoms with E-state index < -0.39 is 0 Å². The average Bonchev–Trinajstić information content (AvgIpc) is 3.51. The molecule has 1 aliphatic heterocycles. The van der Waals surface area contributed by atoms with Gasteiger partial charge in [0.1, 0.15) is 11.4 Å².